The Morgan fingerprint density at radius 3 is 2.64 bits per heavy atom. The first-order chi connectivity index (χ1) is 12.1. The summed E-state index contributed by atoms with van der Waals surface area (Å²) in [6.45, 7) is 12.3. The highest BCUT2D eigenvalue weighted by Gasteiger charge is 2.22. The van der Waals surface area contributed by atoms with E-state index in [1.165, 1.54) is 52.9 Å². The summed E-state index contributed by atoms with van der Waals surface area (Å²) in [5.74, 6) is 0. The largest absolute Gasteiger partial charge is 0.374 e. The fourth-order valence-electron chi connectivity index (χ4n) is 3.96. The van der Waals surface area contributed by atoms with Crippen molar-refractivity contribution < 1.29 is 0 Å². The van der Waals surface area contributed by atoms with E-state index in [0.29, 0.717) is 0 Å². The van der Waals surface area contributed by atoms with Gasteiger partial charge in [0.15, 0.2) is 0 Å². The first-order valence-corrected chi connectivity index (χ1v) is 9.76. The number of hydrogen-bond acceptors (Lipinski definition) is 2. The van der Waals surface area contributed by atoms with Gasteiger partial charge in [0.2, 0.25) is 0 Å². The lowest BCUT2D eigenvalue weighted by Gasteiger charge is -2.30. The monoisotopic (exact) mass is 336 g/mol. The van der Waals surface area contributed by atoms with Gasteiger partial charge in [0.1, 0.15) is 0 Å². The molecule has 0 spiro atoms. The van der Waals surface area contributed by atoms with Crippen molar-refractivity contribution in [1.82, 2.24) is 9.80 Å². The summed E-state index contributed by atoms with van der Waals surface area (Å²) in [6, 6.07) is 9.00. The molecule has 0 unspecified atom stereocenters. The molecule has 0 N–H and O–H groups in total. The van der Waals surface area contributed by atoms with Crippen molar-refractivity contribution >= 4 is 5.57 Å². The van der Waals surface area contributed by atoms with Crippen LogP contribution in [0.15, 0.2) is 53.9 Å². The minimum Gasteiger partial charge on any atom is -0.374 e. The Morgan fingerprint density at radius 2 is 1.92 bits per heavy atom. The van der Waals surface area contributed by atoms with Crippen molar-refractivity contribution in [3.63, 3.8) is 0 Å². The third-order valence-corrected chi connectivity index (χ3v) is 5.70. The second-order valence-electron chi connectivity index (χ2n) is 7.40. The van der Waals surface area contributed by atoms with Crippen LogP contribution in [0.2, 0.25) is 0 Å². The molecule has 25 heavy (non-hydrogen) atoms. The predicted molar refractivity (Wildman–Crippen MR) is 108 cm³/mol. The quantitative estimate of drug-likeness (QED) is 0.742. The molecule has 0 aromatic heterocycles. The minimum atomic E-state index is 1.09. The molecule has 2 heterocycles. The fraction of sp³-hybridized carbons (Fsp3) is 0.478. The zero-order valence-corrected chi connectivity index (χ0v) is 16.1. The van der Waals surface area contributed by atoms with Gasteiger partial charge in [-0.05, 0) is 67.4 Å². The van der Waals surface area contributed by atoms with Gasteiger partial charge in [-0.25, -0.2) is 0 Å². The zero-order chi connectivity index (χ0) is 17.8. The van der Waals surface area contributed by atoms with Crippen LogP contribution in [0.1, 0.15) is 50.7 Å². The molecule has 0 saturated carbocycles. The summed E-state index contributed by atoms with van der Waals surface area (Å²) in [5, 5.41) is 0. The smallest absolute Gasteiger partial charge is 0.0420 e. The molecular formula is C23H32N2. The maximum Gasteiger partial charge on any atom is 0.0420 e. The number of piperidine rings is 1. The second kappa shape index (κ2) is 7.95. The van der Waals surface area contributed by atoms with E-state index in [-0.39, 0.29) is 0 Å². The highest BCUT2D eigenvalue weighted by atomic mass is 15.2. The van der Waals surface area contributed by atoms with E-state index in [1.54, 1.807) is 0 Å². The van der Waals surface area contributed by atoms with Crippen LogP contribution in [0.5, 0.6) is 0 Å². The first-order valence-electron chi connectivity index (χ1n) is 9.76. The van der Waals surface area contributed by atoms with Crippen molar-refractivity contribution in [2.75, 3.05) is 26.7 Å². The second-order valence-corrected chi connectivity index (χ2v) is 7.40. The molecule has 2 saturated heterocycles. The maximum atomic E-state index is 4.37. The van der Waals surface area contributed by atoms with Gasteiger partial charge in [-0.2, -0.15) is 0 Å². The number of likely N-dealkylation sites (tertiary alicyclic amines) is 2. The molecule has 3 rings (SSSR count). The fourth-order valence-corrected chi connectivity index (χ4v) is 3.96. The van der Waals surface area contributed by atoms with Gasteiger partial charge < -0.3 is 9.80 Å². The molecule has 2 fully saturated rings. The standard InChI is InChI=1S/C23H32N2/c1-5-20-10-9-11-21(17-20)19(3)22-12-15-24(4)23(22)16-18(2)25-13-7-6-8-14-25/h9-11,16-17H,2,5-8,12-15H2,1,3-4H3/b22-19+,23-16+. The highest BCUT2D eigenvalue weighted by Crippen LogP contribution is 2.34. The Hall–Kier alpha value is -1.96. The minimum absolute atomic E-state index is 1.09. The average Bonchev–Trinajstić information content (AvgIpc) is 3.02. The van der Waals surface area contributed by atoms with Gasteiger partial charge in [-0.1, -0.05) is 37.8 Å². The Bertz CT molecular complexity index is 690. The van der Waals surface area contributed by atoms with E-state index in [9.17, 15) is 0 Å². The summed E-state index contributed by atoms with van der Waals surface area (Å²) in [6.07, 6.45) is 8.48. The van der Waals surface area contributed by atoms with Crippen molar-refractivity contribution in [2.45, 2.75) is 46.0 Å². The Kier molecular flexibility index (Phi) is 5.67. The van der Waals surface area contributed by atoms with Gasteiger partial charge in [-0.3, -0.25) is 0 Å². The predicted octanol–water partition coefficient (Wildman–Crippen LogP) is 5.24. The number of benzene rings is 1. The van der Waals surface area contributed by atoms with Gasteiger partial charge in [0.25, 0.3) is 0 Å². The average molecular weight is 337 g/mol. The van der Waals surface area contributed by atoms with Crippen LogP contribution in [-0.2, 0) is 6.42 Å². The lowest BCUT2D eigenvalue weighted by atomic mass is 9.96. The molecule has 1 aromatic carbocycles. The molecule has 2 heteroatoms. The Balaban J connectivity index is 1.91. The zero-order valence-electron chi connectivity index (χ0n) is 16.1. The van der Waals surface area contributed by atoms with Crippen molar-refractivity contribution in [3.05, 3.63) is 65.0 Å². The first kappa shape index (κ1) is 17.8. The number of rotatable bonds is 4. The third-order valence-electron chi connectivity index (χ3n) is 5.70. The van der Waals surface area contributed by atoms with E-state index >= 15 is 0 Å². The van der Waals surface area contributed by atoms with E-state index in [1.807, 2.05) is 0 Å². The van der Waals surface area contributed by atoms with Crippen LogP contribution < -0.4 is 0 Å². The number of likely N-dealkylation sites (N-methyl/N-ethyl adjacent to an activating group) is 1. The van der Waals surface area contributed by atoms with E-state index in [4.69, 9.17) is 0 Å². The molecular weight excluding hydrogens is 304 g/mol. The molecule has 0 bridgehead atoms. The van der Waals surface area contributed by atoms with Crippen LogP contribution in [0.3, 0.4) is 0 Å². The number of aryl methyl sites for hydroxylation is 1. The Labute approximate surface area is 153 Å². The van der Waals surface area contributed by atoms with E-state index < -0.39 is 0 Å². The van der Waals surface area contributed by atoms with Crippen LogP contribution in [0, 0.1) is 0 Å². The van der Waals surface area contributed by atoms with E-state index in [0.717, 1.165) is 32.5 Å². The topological polar surface area (TPSA) is 6.48 Å². The number of nitrogens with zero attached hydrogens (tertiary/aromatic N) is 2. The van der Waals surface area contributed by atoms with Crippen molar-refractivity contribution in [1.29, 1.82) is 0 Å². The molecule has 1 aromatic rings. The maximum absolute atomic E-state index is 4.37. The summed E-state index contributed by atoms with van der Waals surface area (Å²) >= 11 is 0. The summed E-state index contributed by atoms with van der Waals surface area (Å²) < 4.78 is 0. The van der Waals surface area contributed by atoms with Crippen molar-refractivity contribution in [3.8, 4) is 0 Å². The third kappa shape index (κ3) is 4.00. The van der Waals surface area contributed by atoms with Crippen LogP contribution in [0.4, 0.5) is 0 Å². The number of hydrogen-bond donors (Lipinski definition) is 0. The molecule has 0 atom stereocenters. The normalized spacial score (nSPS) is 21.8. The molecule has 134 valence electrons. The van der Waals surface area contributed by atoms with Gasteiger partial charge >= 0.3 is 0 Å². The molecule has 2 aliphatic heterocycles. The van der Waals surface area contributed by atoms with Crippen molar-refractivity contribution in [2.24, 2.45) is 0 Å². The van der Waals surface area contributed by atoms with E-state index in [2.05, 4.69) is 67.6 Å². The highest BCUT2D eigenvalue weighted by molar-refractivity contribution is 5.72. The lowest BCUT2D eigenvalue weighted by molar-refractivity contribution is 0.293. The molecule has 0 aliphatic carbocycles. The molecule has 2 nitrogen and oxygen atoms in total. The Morgan fingerprint density at radius 1 is 1.16 bits per heavy atom. The lowest BCUT2D eigenvalue weighted by Crippen LogP contribution is -2.28. The van der Waals surface area contributed by atoms with Gasteiger partial charge in [0.05, 0.1) is 0 Å². The molecule has 0 radical (unpaired) electrons. The van der Waals surface area contributed by atoms with Crippen LogP contribution in [0.25, 0.3) is 5.57 Å². The van der Waals surface area contributed by atoms with Gasteiger partial charge in [0, 0.05) is 38.1 Å². The van der Waals surface area contributed by atoms with Crippen LogP contribution >= 0.6 is 0 Å². The van der Waals surface area contributed by atoms with Crippen LogP contribution in [-0.4, -0.2) is 36.5 Å². The SMILES string of the molecule is C=C(/C=C1\C(=C(/C)c2cccc(CC)c2)CCN1C)N1CCCCC1. The summed E-state index contributed by atoms with van der Waals surface area (Å²) in [5.41, 5.74) is 8.20. The summed E-state index contributed by atoms with van der Waals surface area (Å²) in [7, 11) is 2.21. The summed E-state index contributed by atoms with van der Waals surface area (Å²) in [4.78, 5) is 4.84. The molecule has 2 aliphatic rings. The van der Waals surface area contributed by atoms with Gasteiger partial charge in [-0.15, -0.1) is 0 Å². The number of allylic oxidation sites excluding steroid dienone is 3. The molecule has 0 amide bonds.